The van der Waals surface area contributed by atoms with Crippen LogP contribution in [0.4, 0.5) is 0 Å². The molecule has 1 aliphatic carbocycles. The second kappa shape index (κ2) is 8.06. The van der Waals surface area contributed by atoms with Crippen LogP contribution in [-0.4, -0.2) is 6.04 Å². The maximum Gasteiger partial charge on any atom is 0.00388 e. The van der Waals surface area contributed by atoms with E-state index in [1.165, 1.54) is 44.9 Å². The van der Waals surface area contributed by atoms with Crippen LogP contribution >= 0.6 is 0 Å². The highest BCUT2D eigenvalue weighted by Gasteiger charge is 2.06. The third-order valence-corrected chi connectivity index (χ3v) is 2.15. The van der Waals surface area contributed by atoms with Crippen molar-refractivity contribution in [1.82, 2.24) is 0 Å². The molecular weight excluding hydrogens is 134 g/mol. The van der Waals surface area contributed by atoms with Gasteiger partial charge in [0.05, 0.1) is 0 Å². The van der Waals surface area contributed by atoms with Gasteiger partial charge in [0.2, 0.25) is 0 Å². The number of nitrogens with two attached hydrogens (primary N) is 1. The van der Waals surface area contributed by atoms with Crippen molar-refractivity contribution >= 4 is 0 Å². The maximum absolute atomic E-state index is 5.63. The average Bonchev–Trinajstić information content (AvgIpc) is 2.07. The van der Waals surface area contributed by atoms with E-state index in [1.54, 1.807) is 0 Å². The summed E-state index contributed by atoms with van der Waals surface area (Å²) in [5.41, 5.74) is 5.63. The third kappa shape index (κ3) is 7.86. The van der Waals surface area contributed by atoms with E-state index in [2.05, 4.69) is 13.8 Å². The van der Waals surface area contributed by atoms with Crippen molar-refractivity contribution in [1.29, 1.82) is 0 Å². The highest BCUT2D eigenvalue weighted by Crippen LogP contribution is 2.14. The van der Waals surface area contributed by atoms with Crippen molar-refractivity contribution in [2.45, 2.75) is 64.8 Å². The summed E-state index contributed by atoms with van der Waals surface area (Å²) in [5, 5.41) is 0. The fourth-order valence-corrected chi connectivity index (χ4v) is 1.13. The first-order valence-electron chi connectivity index (χ1n) is 5.06. The summed E-state index contributed by atoms with van der Waals surface area (Å²) in [5.74, 6) is 0. The Kier molecular flexibility index (Phi) is 8.03. The summed E-state index contributed by atoms with van der Waals surface area (Å²) in [7, 11) is 0. The van der Waals surface area contributed by atoms with Gasteiger partial charge in [-0.05, 0) is 12.8 Å². The van der Waals surface area contributed by atoms with Crippen LogP contribution in [0, 0.1) is 0 Å². The van der Waals surface area contributed by atoms with Gasteiger partial charge in [0.1, 0.15) is 0 Å². The quantitative estimate of drug-likeness (QED) is 0.622. The molecule has 1 nitrogen and oxygen atoms in total. The Balaban J connectivity index is 0.000000218. The van der Waals surface area contributed by atoms with Crippen LogP contribution in [0.2, 0.25) is 0 Å². The normalized spacial score (nSPS) is 18.8. The highest BCUT2D eigenvalue weighted by molar-refractivity contribution is 4.66. The lowest BCUT2D eigenvalue weighted by molar-refractivity contribution is 0.441. The summed E-state index contributed by atoms with van der Waals surface area (Å²) in [4.78, 5) is 0. The zero-order chi connectivity index (χ0) is 8.53. The van der Waals surface area contributed by atoms with Crippen LogP contribution < -0.4 is 5.73 Å². The molecule has 2 N–H and O–H groups in total. The number of hydrogen-bond acceptors (Lipinski definition) is 1. The molecule has 0 atom stereocenters. The Morgan fingerprint density at radius 3 is 1.64 bits per heavy atom. The molecule has 1 aliphatic rings. The Bertz CT molecular complexity index is 63.3. The Hall–Kier alpha value is -0.0400. The van der Waals surface area contributed by atoms with Crippen LogP contribution in [0.5, 0.6) is 0 Å². The molecule has 0 heterocycles. The van der Waals surface area contributed by atoms with E-state index in [4.69, 9.17) is 5.73 Å². The molecule has 0 saturated heterocycles. The monoisotopic (exact) mass is 157 g/mol. The maximum atomic E-state index is 5.63. The second-order valence-corrected chi connectivity index (χ2v) is 3.40. The van der Waals surface area contributed by atoms with Crippen molar-refractivity contribution in [3.05, 3.63) is 0 Å². The highest BCUT2D eigenvalue weighted by atomic mass is 14.6. The predicted molar refractivity (Wildman–Crippen MR) is 51.6 cm³/mol. The van der Waals surface area contributed by atoms with Gasteiger partial charge in [-0.1, -0.05) is 46.0 Å². The van der Waals surface area contributed by atoms with Crippen molar-refractivity contribution < 1.29 is 0 Å². The second-order valence-electron chi connectivity index (χ2n) is 3.40. The largest absolute Gasteiger partial charge is 0.328 e. The molecule has 0 radical (unpaired) electrons. The minimum Gasteiger partial charge on any atom is -0.328 e. The van der Waals surface area contributed by atoms with E-state index in [9.17, 15) is 0 Å². The van der Waals surface area contributed by atoms with E-state index in [0.29, 0.717) is 6.04 Å². The van der Waals surface area contributed by atoms with Gasteiger partial charge in [0.15, 0.2) is 0 Å². The van der Waals surface area contributed by atoms with E-state index >= 15 is 0 Å². The smallest absolute Gasteiger partial charge is 0.00388 e. The molecule has 11 heavy (non-hydrogen) atoms. The number of hydrogen-bond donors (Lipinski definition) is 1. The summed E-state index contributed by atoms with van der Waals surface area (Å²) >= 11 is 0. The van der Waals surface area contributed by atoms with Gasteiger partial charge < -0.3 is 5.73 Å². The van der Waals surface area contributed by atoms with Gasteiger partial charge >= 0.3 is 0 Å². The Labute approximate surface area is 71.4 Å². The van der Waals surface area contributed by atoms with Crippen LogP contribution in [-0.2, 0) is 0 Å². The minimum atomic E-state index is 0.536. The first-order valence-corrected chi connectivity index (χ1v) is 5.06. The van der Waals surface area contributed by atoms with Gasteiger partial charge in [-0.15, -0.1) is 0 Å². The molecular formula is C10H23N. The average molecular weight is 157 g/mol. The van der Waals surface area contributed by atoms with Crippen molar-refractivity contribution in [2.75, 3.05) is 0 Å². The molecule has 0 aromatic rings. The first-order chi connectivity index (χ1) is 5.31. The molecule has 0 amide bonds. The van der Waals surface area contributed by atoms with E-state index in [0.717, 1.165) is 0 Å². The number of unbranched alkanes of at least 4 members (excludes halogenated alkanes) is 1. The minimum absolute atomic E-state index is 0.536. The van der Waals surface area contributed by atoms with Gasteiger partial charge in [-0.2, -0.15) is 0 Å². The van der Waals surface area contributed by atoms with E-state index in [-0.39, 0.29) is 0 Å². The van der Waals surface area contributed by atoms with Crippen LogP contribution in [0.25, 0.3) is 0 Å². The van der Waals surface area contributed by atoms with Crippen LogP contribution in [0.3, 0.4) is 0 Å². The summed E-state index contributed by atoms with van der Waals surface area (Å²) < 4.78 is 0. The molecule has 1 saturated carbocycles. The molecule has 0 unspecified atom stereocenters. The van der Waals surface area contributed by atoms with Gasteiger partial charge in [0.25, 0.3) is 0 Å². The standard InChI is InChI=1S/C6H13N.C4H10/c7-6-4-2-1-3-5-6;1-3-4-2/h6H,1-5,7H2;3-4H2,1-2H3. The van der Waals surface area contributed by atoms with Crippen molar-refractivity contribution in [2.24, 2.45) is 5.73 Å². The lowest BCUT2D eigenvalue weighted by atomic mass is 9.97. The van der Waals surface area contributed by atoms with Crippen molar-refractivity contribution in [3.63, 3.8) is 0 Å². The van der Waals surface area contributed by atoms with Crippen molar-refractivity contribution in [3.8, 4) is 0 Å². The number of rotatable bonds is 1. The zero-order valence-corrected chi connectivity index (χ0v) is 8.10. The molecule has 0 aliphatic heterocycles. The lowest BCUT2D eigenvalue weighted by Crippen LogP contribution is -2.22. The topological polar surface area (TPSA) is 26.0 Å². The third-order valence-electron chi connectivity index (χ3n) is 2.15. The van der Waals surface area contributed by atoms with Gasteiger partial charge in [0, 0.05) is 6.04 Å². The summed E-state index contributed by atoms with van der Waals surface area (Å²) in [6, 6.07) is 0.536. The Morgan fingerprint density at radius 2 is 1.45 bits per heavy atom. The first kappa shape index (κ1) is 11.0. The lowest BCUT2D eigenvalue weighted by Gasteiger charge is -2.15. The van der Waals surface area contributed by atoms with Crippen LogP contribution in [0.1, 0.15) is 58.8 Å². The van der Waals surface area contributed by atoms with E-state index < -0.39 is 0 Å². The zero-order valence-electron chi connectivity index (χ0n) is 8.10. The summed E-state index contributed by atoms with van der Waals surface area (Å²) in [6.07, 6.45) is 9.30. The van der Waals surface area contributed by atoms with Gasteiger partial charge in [-0.25, -0.2) is 0 Å². The fourth-order valence-electron chi connectivity index (χ4n) is 1.13. The Morgan fingerprint density at radius 1 is 1.00 bits per heavy atom. The molecule has 0 aromatic carbocycles. The molecule has 1 rings (SSSR count). The van der Waals surface area contributed by atoms with Crippen LogP contribution in [0.15, 0.2) is 0 Å². The SMILES string of the molecule is CCCC.NC1CCCCC1. The molecule has 1 fully saturated rings. The van der Waals surface area contributed by atoms with Gasteiger partial charge in [-0.3, -0.25) is 0 Å². The van der Waals surface area contributed by atoms with E-state index in [1.807, 2.05) is 0 Å². The molecule has 68 valence electrons. The molecule has 0 bridgehead atoms. The summed E-state index contributed by atoms with van der Waals surface area (Å²) in [6.45, 7) is 4.36. The fraction of sp³-hybridized carbons (Fsp3) is 1.00. The predicted octanol–water partition coefficient (Wildman–Crippen LogP) is 3.08. The molecule has 0 aromatic heterocycles. The molecule has 1 heteroatoms. The molecule has 0 spiro atoms.